The lowest BCUT2D eigenvalue weighted by Crippen LogP contribution is -2.28. The molecule has 5 heteroatoms. The Balaban J connectivity index is 2.74. The van der Waals surface area contributed by atoms with E-state index in [1.807, 2.05) is 13.8 Å². The maximum Gasteiger partial charge on any atom is 0.271 e. The van der Waals surface area contributed by atoms with Crippen LogP contribution in [-0.2, 0) is 0 Å². The van der Waals surface area contributed by atoms with E-state index in [-0.39, 0.29) is 11.6 Å². The van der Waals surface area contributed by atoms with Crippen LogP contribution in [0.4, 0.5) is 0 Å². The van der Waals surface area contributed by atoms with Gasteiger partial charge in [0.25, 0.3) is 5.91 Å². The Hall–Kier alpha value is -0.610. The van der Waals surface area contributed by atoms with Crippen molar-refractivity contribution in [1.82, 2.24) is 10.3 Å². The molecule has 15 heavy (non-hydrogen) atoms. The second-order valence-corrected chi connectivity index (χ2v) is 4.91. The first-order valence-corrected chi connectivity index (χ1v) is 5.77. The van der Waals surface area contributed by atoms with Crippen LogP contribution >= 0.6 is 27.5 Å². The van der Waals surface area contributed by atoms with E-state index in [2.05, 4.69) is 26.2 Å². The van der Waals surface area contributed by atoms with Gasteiger partial charge in [-0.2, -0.15) is 0 Å². The molecule has 0 saturated carbocycles. The second kappa shape index (κ2) is 5.47. The summed E-state index contributed by atoms with van der Waals surface area (Å²) in [5.41, 5.74) is 0.264. The number of hydrogen-bond donors (Lipinski definition) is 1. The standard InChI is InChI=1S/C10H12BrClN2O/c1-6(2)4-14-10(15)9-8(12)3-7(11)5-13-9/h3,5-6H,4H2,1-2H3,(H,14,15). The third-order valence-electron chi connectivity index (χ3n) is 1.69. The molecular weight excluding hydrogens is 279 g/mol. The second-order valence-electron chi connectivity index (χ2n) is 3.59. The Morgan fingerprint density at radius 2 is 2.33 bits per heavy atom. The van der Waals surface area contributed by atoms with Crippen molar-refractivity contribution in [2.75, 3.05) is 6.54 Å². The fourth-order valence-electron chi connectivity index (χ4n) is 0.962. The summed E-state index contributed by atoms with van der Waals surface area (Å²) in [5.74, 6) is 0.171. The monoisotopic (exact) mass is 290 g/mol. The third kappa shape index (κ3) is 3.80. The van der Waals surface area contributed by atoms with Crippen LogP contribution in [0.15, 0.2) is 16.7 Å². The summed E-state index contributed by atoms with van der Waals surface area (Å²) in [6, 6.07) is 1.65. The molecule has 0 radical (unpaired) electrons. The van der Waals surface area contributed by atoms with Gasteiger partial charge >= 0.3 is 0 Å². The molecule has 0 unspecified atom stereocenters. The molecule has 1 heterocycles. The van der Waals surface area contributed by atoms with Crippen LogP contribution in [-0.4, -0.2) is 17.4 Å². The number of pyridine rings is 1. The van der Waals surface area contributed by atoms with Crippen molar-refractivity contribution in [2.24, 2.45) is 5.92 Å². The van der Waals surface area contributed by atoms with Crippen molar-refractivity contribution >= 4 is 33.4 Å². The zero-order valence-electron chi connectivity index (χ0n) is 8.55. The Morgan fingerprint density at radius 3 is 2.87 bits per heavy atom. The lowest BCUT2D eigenvalue weighted by molar-refractivity contribution is 0.0944. The van der Waals surface area contributed by atoms with E-state index in [4.69, 9.17) is 11.6 Å². The molecule has 0 aliphatic rings. The summed E-state index contributed by atoms with van der Waals surface area (Å²) >= 11 is 9.12. The van der Waals surface area contributed by atoms with Crippen LogP contribution in [0.2, 0.25) is 5.02 Å². The zero-order valence-corrected chi connectivity index (χ0v) is 10.9. The van der Waals surface area contributed by atoms with Gasteiger partial charge in [0.1, 0.15) is 5.69 Å². The van der Waals surface area contributed by atoms with Gasteiger partial charge in [-0.25, -0.2) is 4.98 Å². The highest BCUT2D eigenvalue weighted by Crippen LogP contribution is 2.18. The Labute approximate surface area is 102 Å². The molecule has 1 aromatic heterocycles. The summed E-state index contributed by atoms with van der Waals surface area (Å²) in [6.07, 6.45) is 1.55. The quantitative estimate of drug-likeness (QED) is 0.930. The Morgan fingerprint density at radius 1 is 1.67 bits per heavy atom. The van der Waals surface area contributed by atoms with E-state index in [0.717, 1.165) is 4.47 Å². The number of aromatic nitrogens is 1. The summed E-state index contributed by atoms with van der Waals surface area (Å²) in [4.78, 5) is 15.6. The number of amides is 1. The zero-order chi connectivity index (χ0) is 11.4. The minimum atomic E-state index is -0.235. The first-order valence-electron chi connectivity index (χ1n) is 4.60. The van der Waals surface area contributed by atoms with Crippen LogP contribution in [0, 0.1) is 5.92 Å². The van der Waals surface area contributed by atoms with Crippen LogP contribution < -0.4 is 5.32 Å². The molecule has 1 amide bonds. The average molecular weight is 292 g/mol. The smallest absolute Gasteiger partial charge is 0.271 e. The van der Waals surface area contributed by atoms with E-state index >= 15 is 0 Å². The molecule has 0 aliphatic carbocycles. The lowest BCUT2D eigenvalue weighted by Gasteiger charge is -2.07. The molecule has 82 valence electrons. The highest BCUT2D eigenvalue weighted by atomic mass is 79.9. The lowest BCUT2D eigenvalue weighted by atomic mass is 10.2. The summed E-state index contributed by atoms with van der Waals surface area (Å²) < 4.78 is 0.757. The van der Waals surface area contributed by atoms with Crippen molar-refractivity contribution in [3.63, 3.8) is 0 Å². The Kier molecular flexibility index (Phi) is 4.54. The average Bonchev–Trinajstić information content (AvgIpc) is 2.14. The molecule has 0 bridgehead atoms. The number of nitrogens with zero attached hydrogens (tertiary/aromatic N) is 1. The molecule has 0 spiro atoms. The van der Waals surface area contributed by atoms with Crippen molar-refractivity contribution < 1.29 is 4.79 Å². The van der Waals surface area contributed by atoms with Crippen molar-refractivity contribution in [3.05, 3.63) is 27.5 Å². The summed E-state index contributed by atoms with van der Waals surface area (Å²) in [5, 5.41) is 3.11. The summed E-state index contributed by atoms with van der Waals surface area (Å²) in [7, 11) is 0. The number of nitrogens with one attached hydrogen (secondary N) is 1. The highest BCUT2D eigenvalue weighted by molar-refractivity contribution is 9.10. The molecule has 3 nitrogen and oxygen atoms in total. The number of rotatable bonds is 3. The molecule has 0 fully saturated rings. The van der Waals surface area contributed by atoms with Crippen LogP contribution in [0.25, 0.3) is 0 Å². The van der Waals surface area contributed by atoms with Crippen molar-refractivity contribution in [1.29, 1.82) is 0 Å². The van der Waals surface area contributed by atoms with Gasteiger partial charge in [0.15, 0.2) is 0 Å². The minimum Gasteiger partial charge on any atom is -0.350 e. The fraction of sp³-hybridized carbons (Fsp3) is 0.400. The maximum absolute atomic E-state index is 11.6. The third-order valence-corrected chi connectivity index (χ3v) is 2.42. The van der Waals surface area contributed by atoms with E-state index in [1.54, 1.807) is 12.3 Å². The summed E-state index contributed by atoms with van der Waals surface area (Å²) in [6.45, 7) is 4.67. The van der Waals surface area contributed by atoms with Gasteiger partial charge in [0.2, 0.25) is 0 Å². The van der Waals surface area contributed by atoms with E-state index in [9.17, 15) is 4.79 Å². The minimum absolute atomic E-state index is 0.235. The molecule has 0 atom stereocenters. The molecule has 0 aromatic carbocycles. The van der Waals surface area contributed by atoms with Crippen molar-refractivity contribution in [2.45, 2.75) is 13.8 Å². The van der Waals surface area contributed by atoms with Gasteiger partial charge in [-0.1, -0.05) is 25.4 Å². The number of halogens is 2. The van der Waals surface area contributed by atoms with Gasteiger partial charge in [-0.3, -0.25) is 4.79 Å². The molecule has 0 aliphatic heterocycles. The maximum atomic E-state index is 11.6. The molecule has 1 aromatic rings. The van der Waals surface area contributed by atoms with E-state index < -0.39 is 0 Å². The Bertz CT molecular complexity index is 368. The predicted octanol–water partition coefficient (Wildman–Crippen LogP) is 2.88. The molecule has 1 rings (SSSR count). The van der Waals surface area contributed by atoms with Crippen molar-refractivity contribution in [3.8, 4) is 0 Å². The molecule has 1 N–H and O–H groups in total. The largest absolute Gasteiger partial charge is 0.350 e. The van der Waals surface area contributed by atoms with Gasteiger partial charge in [-0.15, -0.1) is 0 Å². The number of hydrogen-bond acceptors (Lipinski definition) is 2. The van der Waals surface area contributed by atoms with Gasteiger partial charge in [-0.05, 0) is 27.9 Å². The number of carbonyl (C=O) groups excluding carboxylic acids is 1. The number of carbonyl (C=O) groups is 1. The first kappa shape index (κ1) is 12.5. The highest BCUT2D eigenvalue weighted by Gasteiger charge is 2.12. The molecular formula is C10H12BrClN2O. The van der Waals surface area contributed by atoms with Gasteiger partial charge in [0.05, 0.1) is 5.02 Å². The van der Waals surface area contributed by atoms with E-state index in [1.165, 1.54) is 0 Å². The first-order chi connectivity index (χ1) is 7.00. The topological polar surface area (TPSA) is 42.0 Å². The van der Waals surface area contributed by atoms with Crippen LogP contribution in [0.1, 0.15) is 24.3 Å². The fourth-order valence-corrected chi connectivity index (χ4v) is 1.68. The van der Waals surface area contributed by atoms with Gasteiger partial charge in [0, 0.05) is 17.2 Å². The van der Waals surface area contributed by atoms with Crippen LogP contribution in [0.5, 0.6) is 0 Å². The SMILES string of the molecule is CC(C)CNC(=O)c1ncc(Br)cc1Cl. The van der Waals surface area contributed by atoms with E-state index in [0.29, 0.717) is 17.5 Å². The van der Waals surface area contributed by atoms with Crippen LogP contribution in [0.3, 0.4) is 0 Å². The normalized spacial score (nSPS) is 10.5. The van der Waals surface area contributed by atoms with Gasteiger partial charge < -0.3 is 5.32 Å². The molecule has 0 saturated heterocycles. The predicted molar refractivity (Wildman–Crippen MR) is 64.1 cm³/mol.